The molecule has 22 heavy (non-hydrogen) atoms. The van der Waals surface area contributed by atoms with Gasteiger partial charge in [0, 0.05) is 5.92 Å². The summed E-state index contributed by atoms with van der Waals surface area (Å²) >= 11 is 0. The molecule has 0 radical (unpaired) electrons. The minimum absolute atomic E-state index is 0.166. The fourth-order valence-corrected chi connectivity index (χ4v) is 2.99. The third-order valence-corrected chi connectivity index (χ3v) is 4.35. The van der Waals surface area contributed by atoms with Crippen LogP contribution in [0.15, 0.2) is 66.7 Å². The van der Waals surface area contributed by atoms with Gasteiger partial charge in [0.05, 0.1) is 0 Å². The van der Waals surface area contributed by atoms with Crippen LogP contribution in [0.2, 0.25) is 0 Å². The molecular weight excluding hydrogens is 271 g/mol. The SMILES string of the molecule is CCC(CC)C(/C=C/Cc1ccccc1)c1ccc(F)cc1. The van der Waals surface area contributed by atoms with Crippen LogP contribution in [0.4, 0.5) is 4.39 Å². The van der Waals surface area contributed by atoms with Crippen molar-refractivity contribution in [1.29, 1.82) is 0 Å². The van der Waals surface area contributed by atoms with Crippen LogP contribution < -0.4 is 0 Å². The first-order valence-electron chi connectivity index (χ1n) is 8.20. The molecular formula is C21H25F. The predicted molar refractivity (Wildman–Crippen MR) is 92.5 cm³/mol. The van der Waals surface area contributed by atoms with E-state index in [0.29, 0.717) is 11.8 Å². The Kier molecular flexibility index (Phi) is 6.39. The van der Waals surface area contributed by atoms with Gasteiger partial charge in [-0.2, -0.15) is 0 Å². The van der Waals surface area contributed by atoms with Gasteiger partial charge in [0.15, 0.2) is 0 Å². The lowest BCUT2D eigenvalue weighted by Gasteiger charge is -2.23. The van der Waals surface area contributed by atoms with E-state index in [-0.39, 0.29) is 5.82 Å². The highest BCUT2D eigenvalue weighted by atomic mass is 19.1. The van der Waals surface area contributed by atoms with Crippen LogP contribution in [0, 0.1) is 11.7 Å². The maximum atomic E-state index is 13.2. The van der Waals surface area contributed by atoms with Crippen molar-refractivity contribution >= 4 is 0 Å². The highest BCUT2D eigenvalue weighted by Crippen LogP contribution is 2.31. The standard InChI is InChI=1S/C21H25F/c1-3-18(4-2)21(19-13-15-20(22)16-14-19)12-8-11-17-9-6-5-7-10-17/h5-10,12-16,18,21H,3-4,11H2,1-2H3/b12-8+. The Hall–Kier alpha value is -1.89. The van der Waals surface area contributed by atoms with Crippen molar-refractivity contribution in [3.63, 3.8) is 0 Å². The molecule has 0 nitrogen and oxygen atoms in total. The van der Waals surface area contributed by atoms with Crippen molar-refractivity contribution < 1.29 is 4.39 Å². The van der Waals surface area contributed by atoms with Crippen molar-refractivity contribution in [2.24, 2.45) is 5.92 Å². The van der Waals surface area contributed by atoms with Crippen LogP contribution in [0.5, 0.6) is 0 Å². The van der Waals surface area contributed by atoms with Crippen molar-refractivity contribution in [2.75, 3.05) is 0 Å². The molecule has 0 fully saturated rings. The van der Waals surface area contributed by atoms with Gasteiger partial charge in [0.25, 0.3) is 0 Å². The summed E-state index contributed by atoms with van der Waals surface area (Å²) < 4.78 is 13.2. The van der Waals surface area contributed by atoms with E-state index in [4.69, 9.17) is 0 Å². The molecule has 0 aliphatic rings. The van der Waals surface area contributed by atoms with E-state index in [9.17, 15) is 4.39 Å². The number of allylic oxidation sites excluding steroid dienone is 2. The van der Waals surface area contributed by atoms with Crippen molar-refractivity contribution in [2.45, 2.75) is 39.0 Å². The van der Waals surface area contributed by atoms with E-state index in [2.05, 4.69) is 50.3 Å². The summed E-state index contributed by atoms with van der Waals surface area (Å²) in [6.45, 7) is 4.46. The Balaban J connectivity index is 2.15. The van der Waals surface area contributed by atoms with E-state index in [1.165, 1.54) is 11.1 Å². The summed E-state index contributed by atoms with van der Waals surface area (Å²) in [4.78, 5) is 0. The fourth-order valence-electron chi connectivity index (χ4n) is 2.99. The van der Waals surface area contributed by atoms with E-state index in [1.54, 1.807) is 12.1 Å². The van der Waals surface area contributed by atoms with Crippen molar-refractivity contribution in [3.05, 3.63) is 83.7 Å². The second-order valence-electron chi connectivity index (χ2n) is 5.77. The second-order valence-corrected chi connectivity index (χ2v) is 5.77. The summed E-state index contributed by atoms with van der Waals surface area (Å²) in [6, 6.07) is 17.5. The van der Waals surface area contributed by atoms with Crippen LogP contribution in [0.1, 0.15) is 43.7 Å². The van der Waals surface area contributed by atoms with E-state index >= 15 is 0 Å². The third-order valence-electron chi connectivity index (χ3n) is 4.35. The molecule has 0 spiro atoms. The van der Waals surface area contributed by atoms with Gasteiger partial charge >= 0.3 is 0 Å². The predicted octanol–water partition coefficient (Wildman–Crippen LogP) is 6.14. The third kappa shape index (κ3) is 4.56. The Morgan fingerprint density at radius 2 is 1.55 bits per heavy atom. The maximum Gasteiger partial charge on any atom is 0.123 e. The molecule has 0 saturated carbocycles. The lowest BCUT2D eigenvalue weighted by Crippen LogP contribution is -2.09. The van der Waals surface area contributed by atoms with Gasteiger partial charge in [-0.1, -0.05) is 81.3 Å². The number of rotatable bonds is 7. The summed E-state index contributed by atoms with van der Waals surface area (Å²) in [6.07, 6.45) is 7.76. The smallest absolute Gasteiger partial charge is 0.123 e. The number of halogens is 1. The van der Waals surface area contributed by atoms with E-state index < -0.39 is 0 Å². The average Bonchev–Trinajstić information content (AvgIpc) is 2.56. The zero-order chi connectivity index (χ0) is 15.8. The minimum Gasteiger partial charge on any atom is -0.207 e. The van der Waals surface area contributed by atoms with Gasteiger partial charge in [-0.15, -0.1) is 0 Å². The fraction of sp³-hybridized carbons (Fsp3) is 0.333. The van der Waals surface area contributed by atoms with Gasteiger partial charge in [0.2, 0.25) is 0 Å². The van der Waals surface area contributed by atoms with Gasteiger partial charge in [0.1, 0.15) is 5.82 Å². The molecule has 0 aromatic heterocycles. The minimum atomic E-state index is -0.166. The Bertz CT molecular complexity index is 565. The van der Waals surface area contributed by atoms with E-state index in [0.717, 1.165) is 19.3 Å². The molecule has 0 amide bonds. The second kappa shape index (κ2) is 8.53. The van der Waals surface area contributed by atoms with Crippen LogP contribution in [-0.2, 0) is 6.42 Å². The summed E-state index contributed by atoms with van der Waals surface area (Å²) in [5, 5.41) is 0. The van der Waals surface area contributed by atoms with Crippen LogP contribution in [0.3, 0.4) is 0 Å². The first kappa shape index (κ1) is 16.5. The number of hydrogen-bond donors (Lipinski definition) is 0. The lowest BCUT2D eigenvalue weighted by atomic mass is 9.82. The van der Waals surface area contributed by atoms with Gasteiger partial charge in [-0.25, -0.2) is 4.39 Å². The van der Waals surface area contributed by atoms with Crippen molar-refractivity contribution in [3.8, 4) is 0 Å². The highest BCUT2D eigenvalue weighted by molar-refractivity contribution is 5.26. The molecule has 2 aromatic rings. The van der Waals surface area contributed by atoms with E-state index in [1.807, 2.05) is 18.2 Å². The largest absolute Gasteiger partial charge is 0.207 e. The molecule has 1 heteroatoms. The lowest BCUT2D eigenvalue weighted by molar-refractivity contribution is 0.446. The Morgan fingerprint density at radius 3 is 2.14 bits per heavy atom. The molecule has 1 atom stereocenters. The molecule has 2 aromatic carbocycles. The monoisotopic (exact) mass is 296 g/mol. The molecule has 1 unspecified atom stereocenters. The zero-order valence-corrected chi connectivity index (χ0v) is 13.5. The van der Waals surface area contributed by atoms with Gasteiger partial charge in [-0.05, 0) is 35.6 Å². The zero-order valence-electron chi connectivity index (χ0n) is 13.5. The first-order valence-corrected chi connectivity index (χ1v) is 8.20. The van der Waals surface area contributed by atoms with Crippen LogP contribution in [0.25, 0.3) is 0 Å². The van der Waals surface area contributed by atoms with Crippen molar-refractivity contribution in [1.82, 2.24) is 0 Å². The van der Waals surface area contributed by atoms with Gasteiger partial charge < -0.3 is 0 Å². The molecule has 0 saturated heterocycles. The van der Waals surface area contributed by atoms with Crippen LogP contribution >= 0.6 is 0 Å². The number of hydrogen-bond acceptors (Lipinski definition) is 0. The summed E-state index contributed by atoms with van der Waals surface area (Å²) in [5.41, 5.74) is 2.53. The maximum absolute atomic E-state index is 13.2. The summed E-state index contributed by atoms with van der Waals surface area (Å²) in [7, 11) is 0. The molecule has 2 rings (SSSR count). The average molecular weight is 296 g/mol. The molecule has 0 heterocycles. The molecule has 0 aliphatic carbocycles. The summed E-state index contributed by atoms with van der Waals surface area (Å²) in [5.74, 6) is 0.789. The quantitative estimate of drug-likeness (QED) is 0.538. The Morgan fingerprint density at radius 1 is 0.909 bits per heavy atom. The molecule has 0 bridgehead atoms. The normalized spacial score (nSPS) is 12.9. The molecule has 0 aliphatic heterocycles. The van der Waals surface area contributed by atoms with Crippen LogP contribution in [-0.4, -0.2) is 0 Å². The Labute approximate surface area is 133 Å². The van der Waals surface area contributed by atoms with Gasteiger partial charge in [-0.3, -0.25) is 0 Å². The first-order chi connectivity index (χ1) is 10.7. The molecule has 0 N–H and O–H groups in total. The molecule has 116 valence electrons. The highest BCUT2D eigenvalue weighted by Gasteiger charge is 2.17. The number of benzene rings is 2. The topological polar surface area (TPSA) is 0 Å².